The molecule has 6 rings (SSSR count). The van der Waals surface area contributed by atoms with Gasteiger partial charge in [0.2, 0.25) is 0 Å². The van der Waals surface area contributed by atoms with E-state index >= 15 is 0 Å². The second-order valence-corrected chi connectivity index (χ2v) is 10.3. The van der Waals surface area contributed by atoms with Gasteiger partial charge in [-0.15, -0.1) is 11.3 Å². The lowest BCUT2D eigenvalue weighted by Gasteiger charge is -2.14. The number of rotatable bonds is 5. The number of thiophene rings is 1. The Labute approximate surface area is 206 Å². The SMILES string of the molecule is COC1CCN(C(=O)c2cc3nccc(Oc4ccc5c(c4)cc(C)n5C(=O)NC4CC4)c3s2)C1. The van der Waals surface area contributed by atoms with Gasteiger partial charge in [0.05, 0.1) is 26.7 Å². The van der Waals surface area contributed by atoms with E-state index in [1.807, 2.05) is 48.2 Å². The average Bonchev–Trinajstić information content (AvgIpc) is 3.24. The van der Waals surface area contributed by atoms with Crippen LogP contribution in [0.1, 0.15) is 34.6 Å². The van der Waals surface area contributed by atoms with Crippen molar-refractivity contribution in [2.45, 2.75) is 38.3 Å². The van der Waals surface area contributed by atoms with Crippen LogP contribution in [0.2, 0.25) is 0 Å². The number of aromatic nitrogens is 2. The number of nitrogens with one attached hydrogen (secondary N) is 1. The van der Waals surface area contributed by atoms with Crippen molar-refractivity contribution < 1.29 is 19.1 Å². The van der Waals surface area contributed by atoms with Gasteiger partial charge in [-0.1, -0.05) is 0 Å². The zero-order chi connectivity index (χ0) is 24.1. The van der Waals surface area contributed by atoms with Gasteiger partial charge in [0.25, 0.3) is 5.91 Å². The molecule has 1 aliphatic heterocycles. The molecule has 3 aromatic heterocycles. The minimum Gasteiger partial charge on any atom is -0.456 e. The second kappa shape index (κ2) is 8.66. The van der Waals surface area contributed by atoms with Crippen LogP contribution in [0.25, 0.3) is 21.1 Å². The second-order valence-electron chi connectivity index (χ2n) is 9.20. The molecule has 0 radical (unpaired) electrons. The number of carbonyl (C=O) groups is 2. The quantitative estimate of drug-likeness (QED) is 0.429. The van der Waals surface area contributed by atoms with Gasteiger partial charge >= 0.3 is 6.03 Å². The molecule has 2 amide bonds. The first-order valence-corrected chi connectivity index (χ1v) is 12.6. The Morgan fingerprint density at radius 3 is 2.77 bits per heavy atom. The summed E-state index contributed by atoms with van der Waals surface area (Å²) in [5.74, 6) is 1.31. The molecular weight excluding hydrogens is 464 g/mol. The van der Waals surface area contributed by atoms with E-state index in [0.717, 1.165) is 46.1 Å². The number of fused-ring (bicyclic) bond motifs is 2. The Balaban J connectivity index is 1.27. The number of hydrogen-bond acceptors (Lipinski definition) is 6. The highest BCUT2D eigenvalue weighted by Crippen LogP contribution is 2.37. The molecule has 0 bridgehead atoms. The van der Waals surface area contributed by atoms with Crippen molar-refractivity contribution in [3.05, 3.63) is 53.2 Å². The zero-order valence-corrected chi connectivity index (χ0v) is 20.4. The lowest BCUT2D eigenvalue weighted by atomic mass is 10.2. The van der Waals surface area contributed by atoms with Gasteiger partial charge in [-0.2, -0.15) is 0 Å². The maximum atomic E-state index is 13.0. The fraction of sp³-hybridized carbons (Fsp3) is 0.346. The van der Waals surface area contributed by atoms with Crippen molar-refractivity contribution in [2.75, 3.05) is 20.2 Å². The third-order valence-corrected chi connectivity index (χ3v) is 7.77. The molecule has 1 unspecified atom stereocenters. The summed E-state index contributed by atoms with van der Waals surface area (Å²) in [6, 6.07) is 11.6. The minimum absolute atomic E-state index is 0.00112. The van der Waals surface area contributed by atoms with Crippen molar-refractivity contribution in [3.8, 4) is 11.5 Å². The zero-order valence-electron chi connectivity index (χ0n) is 19.6. The van der Waals surface area contributed by atoms with Crippen molar-refractivity contribution >= 4 is 44.4 Å². The van der Waals surface area contributed by atoms with Gasteiger partial charge in [0.15, 0.2) is 0 Å². The van der Waals surface area contributed by atoms with Crippen molar-refractivity contribution in [1.29, 1.82) is 0 Å². The Bertz CT molecular complexity index is 1450. The topological polar surface area (TPSA) is 85.7 Å². The van der Waals surface area contributed by atoms with E-state index in [-0.39, 0.29) is 18.0 Å². The maximum absolute atomic E-state index is 13.0. The first kappa shape index (κ1) is 22.1. The summed E-state index contributed by atoms with van der Waals surface area (Å²) in [5, 5.41) is 3.98. The van der Waals surface area contributed by atoms with Gasteiger partial charge in [0, 0.05) is 49.6 Å². The number of pyridine rings is 1. The Morgan fingerprint density at radius 1 is 1.14 bits per heavy atom. The van der Waals surface area contributed by atoms with Crippen molar-refractivity contribution in [1.82, 2.24) is 19.8 Å². The fourth-order valence-electron chi connectivity index (χ4n) is 4.62. The van der Waals surface area contributed by atoms with Crippen LogP contribution < -0.4 is 10.1 Å². The molecule has 4 heterocycles. The molecule has 0 spiro atoms. The molecule has 180 valence electrons. The third kappa shape index (κ3) is 4.15. The lowest BCUT2D eigenvalue weighted by Crippen LogP contribution is -2.30. The molecule has 1 atom stereocenters. The molecule has 1 saturated carbocycles. The number of ether oxygens (including phenoxy) is 2. The van der Waals surface area contributed by atoms with E-state index in [2.05, 4.69) is 10.3 Å². The van der Waals surface area contributed by atoms with Crippen LogP contribution in [0.5, 0.6) is 11.5 Å². The average molecular weight is 491 g/mol. The number of nitrogens with zero attached hydrogens (tertiary/aromatic N) is 3. The third-order valence-electron chi connectivity index (χ3n) is 6.64. The summed E-state index contributed by atoms with van der Waals surface area (Å²) in [6.45, 7) is 3.23. The Morgan fingerprint density at radius 2 is 2.00 bits per heavy atom. The van der Waals surface area contributed by atoms with Crippen LogP contribution in [0.4, 0.5) is 4.79 Å². The number of methoxy groups -OCH3 is 1. The summed E-state index contributed by atoms with van der Waals surface area (Å²) in [7, 11) is 1.68. The smallest absolute Gasteiger partial charge is 0.326 e. The van der Waals surface area contributed by atoms with Crippen LogP contribution in [0, 0.1) is 6.92 Å². The van der Waals surface area contributed by atoms with Crippen LogP contribution in [-0.4, -0.2) is 58.7 Å². The normalized spacial score (nSPS) is 17.9. The van der Waals surface area contributed by atoms with Gasteiger partial charge < -0.3 is 19.7 Å². The van der Waals surface area contributed by atoms with Crippen LogP contribution >= 0.6 is 11.3 Å². The lowest BCUT2D eigenvalue weighted by molar-refractivity contribution is 0.0728. The monoisotopic (exact) mass is 490 g/mol. The number of hydrogen-bond donors (Lipinski definition) is 1. The maximum Gasteiger partial charge on any atom is 0.326 e. The number of likely N-dealkylation sites (tertiary alicyclic amines) is 1. The molecule has 35 heavy (non-hydrogen) atoms. The number of aryl methyl sites for hydroxylation is 1. The van der Waals surface area contributed by atoms with E-state index in [1.54, 1.807) is 17.9 Å². The van der Waals surface area contributed by atoms with E-state index in [1.165, 1.54) is 11.3 Å². The number of carbonyl (C=O) groups excluding carboxylic acids is 2. The molecule has 8 nitrogen and oxygen atoms in total. The standard InChI is InChI=1S/C26H26N4O4S/c1-15-11-16-12-18(5-6-21(16)30(15)26(32)28-17-3-4-17)34-22-7-9-27-20-13-23(35-24(20)22)25(31)29-10-8-19(14-29)33-2/h5-7,9,11-13,17,19H,3-4,8,10,14H2,1-2H3,(H,28,32). The van der Waals surface area contributed by atoms with Crippen LogP contribution in [0.3, 0.4) is 0 Å². The molecule has 1 saturated heterocycles. The molecule has 1 aliphatic carbocycles. The van der Waals surface area contributed by atoms with Gasteiger partial charge in [-0.25, -0.2) is 4.79 Å². The van der Waals surface area contributed by atoms with Crippen LogP contribution in [0.15, 0.2) is 42.6 Å². The van der Waals surface area contributed by atoms with E-state index in [4.69, 9.17) is 9.47 Å². The highest BCUT2D eigenvalue weighted by Gasteiger charge is 2.28. The highest BCUT2D eigenvalue weighted by molar-refractivity contribution is 7.21. The largest absolute Gasteiger partial charge is 0.456 e. The summed E-state index contributed by atoms with van der Waals surface area (Å²) in [6.07, 6.45) is 4.73. The molecule has 2 aliphatic rings. The van der Waals surface area contributed by atoms with E-state index in [0.29, 0.717) is 35.5 Å². The molecule has 9 heteroatoms. The van der Waals surface area contributed by atoms with Crippen molar-refractivity contribution in [2.24, 2.45) is 0 Å². The molecule has 2 fully saturated rings. The number of benzene rings is 1. The predicted octanol–water partition coefficient (Wildman–Crippen LogP) is 4.93. The first-order valence-electron chi connectivity index (χ1n) is 11.8. The van der Waals surface area contributed by atoms with E-state index < -0.39 is 0 Å². The van der Waals surface area contributed by atoms with Gasteiger partial charge in [0.1, 0.15) is 11.5 Å². The molecule has 1 N–H and O–H groups in total. The van der Waals surface area contributed by atoms with E-state index in [9.17, 15) is 9.59 Å². The molecule has 4 aromatic rings. The predicted molar refractivity (Wildman–Crippen MR) is 135 cm³/mol. The highest BCUT2D eigenvalue weighted by atomic mass is 32.1. The Hall–Kier alpha value is -3.43. The fourth-order valence-corrected chi connectivity index (χ4v) is 5.65. The summed E-state index contributed by atoms with van der Waals surface area (Å²) >= 11 is 1.40. The minimum atomic E-state index is -0.0879. The first-order chi connectivity index (χ1) is 17.0. The summed E-state index contributed by atoms with van der Waals surface area (Å²) < 4.78 is 14.2. The summed E-state index contributed by atoms with van der Waals surface area (Å²) in [4.78, 5) is 32.6. The van der Waals surface area contributed by atoms with Gasteiger partial charge in [-0.05, 0) is 56.5 Å². The molecular formula is C26H26N4O4S. The number of amides is 2. The molecule has 1 aromatic carbocycles. The Kier molecular flexibility index (Phi) is 5.46. The van der Waals surface area contributed by atoms with Gasteiger partial charge in [-0.3, -0.25) is 14.3 Å². The van der Waals surface area contributed by atoms with Crippen molar-refractivity contribution in [3.63, 3.8) is 0 Å². The summed E-state index contributed by atoms with van der Waals surface area (Å²) in [5.41, 5.74) is 2.45. The van der Waals surface area contributed by atoms with Crippen LogP contribution in [-0.2, 0) is 4.74 Å².